The van der Waals surface area contributed by atoms with Gasteiger partial charge in [-0.25, -0.2) is 8.78 Å². The predicted molar refractivity (Wildman–Crippen MR) is 41.5 cm³/mol. The molecule has 0 saturated carbocycles. The second kappa shape index (κ2) is 6.73. The highest BCUT2D eigenvalue weighted by atomic mass is 19.3. The number of hydrogen-bond donors (Lipinski definition) is 2. The van der Waals surface area contributed by atoms with Crippen LogP contribution in [-0.2, 0) is 9.53 Å². The monoisotopic (exact) mass is 197 g/mol. The first-order chi connectivity index (χ1) is 6.07. The highest BCUT2D eigenvalue weighted by Crippen LogP contribution is 1.98. The number of ether oxygens (including phenoxy) is 1. The number of carbonyl (C=O) groups is 1. The topological polar surface area (TPSA) is 58.6 Å². The second-order valence-corrected chi connectivity index (χ2v) is 2.34. The number of hydrogen-bond acceptors (Lipinski definition) is 3. The van der Waals surface area contributed by atoms with Gasteiger partial charge in [0.2, 0.25) is 5.91 Å². The van der Waals surface area contributed by atoms with Crippen molar-refractivity contribution in [2.75, 3.05) is 19.8 Å². The Hall–Kier alpha value is -0.750. The van der Waals surface area contributed by atoms with Crippen LogP contribution in [-0.4, -0.2) is 43.3 Å². The summed E-state index contributed by atoms with van der Waals surface area (Å²) in [6.45, 7) is 1.46. The van der Waals surface area contributed by atoms with Crippen LogP contribution < -0.4 is 5.32 Å². The van der Waals surface area contributed by atoms with Crippen molar-refractivity contribution in [2.24, 2.45) is 0 Å². The average Bonchev–Trinajstić information content (AvgIpc) is 2.10. The van der Waals surface area contributed by atoms with Crippen molar-refractivity contribution in [3.05, 3.63) is 0 Å². The number of aliphatic hydroxyl groups is 1. The Bertz CT molecular complexity index is 155. The molecule has 1 atom stereocenters. The molecule has 1 unspecified atom stereocenters. The summed E-state index contributed by atoms with van der Waals surface area (Å²) in [6, 6.07) is 0. The van der Waals surface area contributed by atoms with Crippen molar-refractivity contribution in [1.29, 1.82) is 0 Å². The molecule has 13 heavy (non-hydrogen) atoms. The second-order valence-electron chi connectivity index (χ2n) is 2.34. The summed E-state index contributed by atoms with van der Waals surface area (Å²) in [5, 5.41) is 10.7. The van der Waals surface area contributed by atoms with Crippen LogP contribution in [0, 0.1) is 0 Å². The fourth-order valence-electron chi connectivity index (χ4n) is 0.553. The lowest BCUT2D eigenvalue weighted by Crippen LogP contribution is -2.37. The Labute approximate surface area is 74.9 Å². The molecular formula is C7H13F2NO3. The van der Waals surface area contributed by atoms with Crippen LogP contribution in [0.15, 0.2) is 0 Å². The zero-order valence-corrected chi connectivity index (χ0v) is 7.30. The summed E-state index contributed by atoms with van der Waals surface area (Å²) >= 11 is 0. The van der Waals surface area contributed by atoms with Crippen LogP contribution in [0.2, 0.25) is 0 Å². The first-order valence-corrected chi connectivity index (χ1v) is 3.88. The molecule has 4 nitrogen and oxygen atoms in total. The molecule has 0 heterocycles. The van der Waals surface area contributed by atoms with Crippen LogP contribution in [0.3, 0.4) is 0 Å². The van der Waals surface area contributed by atoms with Crippen molar-refractivity contribution in [2.45, 2.75) is 19.5 Å². The quantitative estimate of drug-likeness (QED) is 0.618. The first-order valence-electron chi connectivity index (χ1n) is 3.88. The molecule has 0 radical (unpaired) electrons. The van der Waals surface area contributed by atoms with Gasteiger partial charge in [0.05, 0.1) is 0 Å². The fourth-order valence-corrected chi connectivity index (χ4v) is 0.553. The van der Waals surface area contributed by atoms with E-state index in [0.717, 1.165) is 0 Å². The molecule has 0 fully saturated rings. The van der Waals surface area contributed by atoms with Crippen molar-refractivity contribution >= 4 is 5.91 Å². The van der Waals surface area contributed by atoms with Crippen LogP contribution in [0.25, 0.3) is 0 Å². The van der Waals surface area contributed by atoms with Gasteiger partial charge in [-0.3, -0.25) is 4.79 Å². The smallest absolute Gasteiger partial charge is 0.265 e. The van der Waals surface area contributed by atoms with Crippen LogP contribution in [0.1, 0.15) is 6.92 Å². The molecule has 2 N–H and O–H groups in total. The van der Waals surface area contributed by atoms with Gasteiger partial charge in [0.15, 0.2) is 0 Å². The molecule has 0 aromatic carbocycles. The van der Waals surface area contributed by atoms with Gasteiger partial charge in [-0.2, -0.15) is 0 Å². The molecule has 78 valence electrons. The van der Waals surface area contributed by atoms with E-state index in [4.69, 9.17) is 9.84 Å². The van der Waals surface area contributed by atoms with Crippen LogP contribution in [0.5, 0.6) is 0 Å². The number of aliphatic hydroxyl groups excluding tert-OH is 1. The summed E-state index contributed by atoms with van der Waals surface area (Å²) in [4.78, 5) is 10.7. The van der Waals surface area contributed by atoms with Crippen molar-refractivity contribution in [3.63, 3.8) is 0 Å². The zero-order chi connectivity index (χ0) is 10.3. The molecule has 6 heteroatoms. The van der Waals surface area contributed by atoms with E-state index in [1.165, 1.54) is 0 Å². The van der Waals surface area contributed by atoms with Gasteiger partial charge in [0, 0.05) is 13.2 Å². The Kier molecular flexibility index (Phi) is 6.34. The van der Waals surface area contributed by atoms with E-state index in [1.54, 1.807) is 6.92 Å². The predicted octanol–water partition coefficient (Wildman–Crippen LogP) is -0.235. The molecular weight excluding hydrogens is 184 g/mol. The number of amides is 1. The lowest BCUT2D eigenvalue weighted by molar-refractivity contribution is -0.126. The molecule has 0 bridgehead atoms. The Morgan fingerprint density at radius 1 is 1.62 bits per heavy atom. The largest absolute Gasteiger partial charge is 0.385 e. The summed E-state index contributed by atoms with van der Waals surface area (Å²) < 4.78 is 28.1. The molecule has 0 saturated heterocycles. The number of nitrogens with one attached hydrogen (secondary N) is 1. The third-order valence-corrected chi connectivity index (χ3v) is 1.24. The Morgan fingerprint density at radius 3 is 2.69 bits per heavy atom. The number of carbonyl (C=O) groups excluding carboxylic acids is 1. The highest BCUT2D eigenvalue weighted by Gasteiger charge is 2.16. The van der Waals surface area contributed by atoms with Crippen LogP contribution >= 0.6 is 0 Å². The molecule has 0 aromatic heterocycles. The average molecular weight is 197 g/mol. The lowest BCUT2D eigenvalue weighted by atomic mass is 10.3. The molecule has 0 rings (SSSR count). The zero-order valence-electron chi connectivity index (χ0n) is 7.30. The van der Waals surface area contributed by atoms with E-state index in [0.29, 0.717) is 6.61 Å². The third kappa shape index (κ3) is 6.41. The maximum atomic E-state index is 11.7. The molecule has 0 aliphatic heterocycles. The van der Waals surface area contributed by atoms with Crippen molar-refractivity contribution < 1.29 is 23.4 Å². The molecule has 1 amide bonds. The third-order valence-electron chi connectivity index (χ3n) is 1.24. The number of halogens is 2. The van der Waals surface area contributed by atoms with Gasteiger partial charge in [-0.15, -0.1) is 0 Å². The van der Waals surface area contributed by atoms with E-state index >= 15 is 0 Å². The normalized spacial score (nSPS) is 13.0. The maximum Gasteiger partial charge on any atom is 0.265 e. The van der Waals surface area contributed by atoms with Crippen molar-refractivity contribution in [3.8, 4) is 0 Å². The van der Waals surface area contributed by atoms with E-state index < -0.39 is 25.0 Å². The maximum absolute atomic E-state index is 11.7. The molecule has 0 aliphatic carbocycles. The van der Waals surface area contributed by atoms with Crippen molar-refractivity contribution in [1.82, 2.24) is 5.32 Å². The summed E-state index contributed by atoms with van der Waals surface area (Å²) in [6.07, 6.45) is -4.65. The van der Waals surface area contributed by atoms with Gasteiger partial charge in [-0.05, 0) is 6.92 Å². The summed E-state index contributed by atoms with van der Waals surface area (Å²) in [5.41, 5.74) is 0. The first kappa shape index (κ1) is 12.2. The van der Waals surface area contributed by atoms with E-state index in [1.807, 2.05) is 0 Å². The summed E-state index contributed by atoms with van der Waals surface area (Å²) in [5.74, 6) is -0.512. The number of alkyl halides is 2. The lowest BCUT2D eigenvalue weighted by Gasteiger charge is -2.10. The summed E-state index contributed by atoms with van der Waals surface area (Å²) in [7, 11) is 0. The fraction of sp³-hybridized carbons (Fsp3) is 0.857. The minimum Gasteiger partial charge on any atom is -0.385 e. The minimum absolute atomic E-state index is 0.174. The minimum atomic E-state index is -2.84. The van der Waals surface area contributed by atoms with E-state index in [-0.39, 0.29) is 6.61 Å². The highest BCUT2D eigenvalue weighted by molar-refractivity contribution is 5.77. The van der Waals surface area contributed by atoms with Gasteiger partial charge in [-0.1, -0.05) is 0 Å². The van der Waals surface area contributed by atoms with Gasteiger partial charge >= 0.3 is 0 Å². The SMILES string of the molecule is CCOCC(=O)NCC(O)C(F)F. The van der Waals surface area contributed by atoms with Gasteiger partial charge in [0.25, 0.3) is 6.43 Å². The van der Waals surface area contributed by atoms with E-state index in [9.17, 15) is 13.6 Å². The Balaban J connectivity index is 3.46. The number of rotatable bonds is 6. The van der Waals surface area contributed by atoms with Gasteiger partial charge in [0.1, 0.15) is 12.7 Å². The standard InChI is InChI=1S/C7H13F2NO3/c1-2-13-4-6(12)10-3-5(11)7(8)9/h5,7,11H,2-4H2,1H3,(H,10,12). The van der Waals surface area contributed by atoms with Crippen LogP contribution in [0.4, 0.5) is 8.78 Å². The molecule has 0 aliphatic rings. The van der Waals surface area contributed by atoms with Gasteiger partial charge < -0.3 is 15.2 Å². The molecule has 0 aromatic rings. The van der Waals surface area contributed by atoms with E-state index in [2.05, 4.69) is 5.32 Å². The molecule has 0 spiro atoms. The Morgan fingerprint density at radius 2 is 2.23 bits per heavy atom.